The van der Waals surface area contributed by atoms with Gasteiger partial charge in [0.25, 0.3) is 0 Å². The average molecular weight is 338 g/mol. The molecular weight excluding hydrogens is 324 g/mol. The maximum Gasteiger partial charge on any atom is 0.394 e. The first-order valence-electron chi connectivity index (χ1n) is 7.39. The predicted molar refractivity (Wildman–Crippen MR) is 92.4 cm³/mol. The number of aromatic nitrogens is 2. The first-order chi connectivity index (χ1) is 11.8. The van der Waals surface area contributed by atoms with Crippen LogP contribution in [0.15, 0.2) is 58.5 Å². The van der Waals surface area contributed by atoms with E-state index in [4.69, 9.17) is 13.9 Å². The van der Waals surface area contributed by atoms with Crippen LogP contribution >= 0.6 is 11.3 Å². The molecule has 4 rings (SSSR count). The van der Waals surface area contributed by atoms with Crippen molar-refractivity contribution in [2.24, 2.45) is 0 Å². The van der Waals surface area contributed by atoms with Crippen molar-refractivity contribution < 1.29 is 13.9 Å². The van der Waals surface area contributed by atoms with E-state index in [1.807, 2.05) is 47.8 Å². The highest BCUT2D eigenvalue weighted by molar-refractivity contribution is 7.13. The smallest absolute Gasteiger partial charge is 0.394 e. The molecule has 2 heterocycles. The van der Waals surface area contributed by atoms with Crippen LogP contribution in [0.1, 0.15) is 5.56 Å². The Morgan fingerprint density at radius 2 is 2.00 bits per heavy atom. The number of benzene rings is 2. The van der Waals surface area contributed by atoms with E-state index >= 15 is 0 Å². The Balaban J connectivity index is 1.74. The molecule has 0 aliphatic carbocycles. The molecule has 5 nitrogen and oxygen atoms in total. The number of oxazole rings is 1. The maximum atomic E-state index is 5.94. The molecule has 0 spiro atoms. The molecular formula is C18H14N2O3S. The summed E-state index contributed by atoms with van der Waals surface area (Å²) in [6.45, 7) is 0.460. The lowest BCUT2D eigenvalue weighted by Gasteiger charge is -2.07. The zero-order valence-corrected chi connectivity index (χ0v) is 13.7. The van der Waals surface area contributed by atoms with Gasteiger partial charge in [-0.05, 0) is 17.7 Å². The lowest BCUT2D eigenvalue weighted by atomic mass is 10.2. The van der Waals surface area contributed by atoms with Crippen molar-refractivity contribution >= 4 is 22.4 Å². The largest absolute Gasteiger partial charge is 0.486 e. The number of thiazole rings is 1. The Bertz CT molecular complexity index is 949. The number of rotatable bonds is 5. The molecule has 120 valence electrons. The molecule has 24 heavy (non-hydrogen) atoms. The molecule has 0 amide bonds. The number of fused-ring (bicyclic) bond motifs is 1. The molecule has 6 heteroatoms. The van der Waals surface area contributed by atoms with Crippen molar-refractivity contribution in [2.75, 3.05) is 7.11 Å². The Hall–Kier alpha value is -2.86. The first kappa shape index (κ1) is 14.7. The monoisotopic (exact) mass is 338 g/mol. The number of hydrogen-bond donors (Lipinski definition) is 0. The van der Waals surface area contributed by atoms with Gasteiger partial charge in [-0.2, -0.15) is 4.98 Å². The molecule has 0 aliphatic heterocycles. The maximum absolute atomic E-state index is 5.94. The third-order valence-electron chi connectivity index (χ3n) is 3.56. The minimum Gasteiger partial charge on any atom is -0.486 e. The normalized spacial score (nSPS) is 10.9. The second-order valence-corrected chi connectivity index (χ2v) is 5.98. The molecule has 0 saturated heterocycles. The van der Waals surface area contributed by atoms with Crippen LogP contribution in [0.5, 0.6) is 11.8 Å². The third-order valence-corrected chi connectivity index (χ3v) is 4.37. The lowest BCUT2D eigenvalue weighted by molar-refractivity contribution is 0.299. The highest BCUT2D eigenvalue weighted by atomic mass is 32.1. The van der Waals surface area contributed by atoms with Gasteiger partial charge in [0.05, 0.1) is 12.7 Å². The summed E-state index contributed by atoms with van der Waals surface area (Å²) in [5.41, 5.74) is 3.22. The van der Waals surface area contributed by atoms with Crippen LogP contribution in [-0.2, 0) is 6.61 Å². The van der Waals surface area contributed by atoms with E-state index in [0.29, 0.717) is 23.5 Å². The molecule has 2 aromatic carbocycles. The third kappa shape index (κ3) is 2.72. The number of nitrogens with zero attached hydrogens (tertiary/aromatic N) is 2. The molecule has 2 aromatic heterocycles. The molecule has 0 aliphatic rings. The summed E-state index contributed by atoms with van der Waals surface area (Å²) in [5.74, 6) is 0.654. The summed E-state index contributed by atoms with van der Waals surface area (Å²) in [7, 11) is 1.53. The van der Waals surface area contributed by atoms with Crippen LogP contribution in [0.25, 0.3) is 21.7 Å². The molecule has 0 saturated carbocycles. The highest BCUT2D eigenvalue weighted by Gasteiger charge is 2.18. The molecule has 4 aromatic rings. The second kappa shape index (κ2) is 6.33. The van der Waals surface area contributed by atoms with Gasteiger partial charge >= 0.3 is 6.08 Å². The van der Waals surface area contributed by atoms with Crippen molar-refractivity contribution in [1.82, 2.24) is 9.97 Å². The number of ether oxygens (including phenoxy) is 2. The van der Waals surface area contributed by atoms with Crippen LogP contribution < -0.4 is 9.47 Å². The SMILES string of the molecule is COc1nc2c(OCc3ccccc3)ccc(-c3nccs3)c2o1. The van der Waals surface area contributed by atoms with Crippen LogP contribution in [-0.4, -0.2) is 17.1 Å². The summed E-state index contributed by atoms with van der Waals surface area (Å²) in [4.78, 5) is 8.72. The van der Waals surface area contributed by atoms with Gasteiger partial charge in [-0.3, -0.25) is 0 Å². The van der Waals surface area contributed by atoms with E-state index in [1.54, 1.807) is 17.5 Å². The molecule has 0 unspecified atom stereocenters. The zero-order valence-electron chi connectivity index (χ0n) is 12.9. The average Bonchev–Trinajstić information content (AvgIpc) is 3.30. The fourth-order valence-electron chi connectivity index (χ4n) is 2.43. The number of hydrogen-bond acceptors (Lipinski definition) is 6. The second-order valence-electron chi connectivity index (χ2n) is 5.08. The molecule has 0 bridgehead atoms. The molecule has 0 N–H and O–H groups in total. The van der Waals surface area contributed by atoms with Crippen LogP contribution in [0.3, 0.4) is 0 Å². The Morgan fingerprint density at radius 3 is 2.75 bits per heavy atom. The predicted octanol–water partition coefficient (Wildman–Crippen LogP) is 4.54. The summed E-state index contributed by atoms with van der Waals surface area (Å²) >= 11 is 1.54. The number of methoxy groups -OCH3 is 1. The summed E-state index contributed by atoms with van der Waals surface area (Å²) in [6, 6.07) is 13.8. The molecule has 0 fully saturated rings. The van der Waals surface area contributed by atoms with E-state index in [1.165, 1.54) is 7.11 Å². The summed E-state index contributed by atoms with van der Waals surface area (Å²) < 4.78 is 16.8. The fraction of sp³-hybridized carbons (Fsp3) is 0.111. The quantitative estimate of drug-likeness (QED) is 0.535. The fourth-order valence-corrected chi connectivity index (χ4v) is 3.09. The van der Waals surface area contributed by atoms with Crippen molar-refractivity contribution in [3.63, 3.8) is 0 Å². The lowest BCUT2D eigenvalue weighted by Crippen LogP contribution is -1.96. The van der Waals surface area contributed by atoms with Crippen molar-refractivity contribution in [3.8, 4) is 22.4 Å². The van der Waals surface area contributed by atoms with E-state index in [-0.39, 0.29) is 6.08 Å². The first-order valence-corrected chi connectivity index (χ1v) is 8.27. The van der Waals surface area contributed by atoms with Crippen molar-refractivity contribution in [1.29, 1.82) is 0 Å². The van der Waals surface area contributed by atoms with Crippen LogP contribution in [0.2, 0.25) is 0 Å². The summed E-state index contributed by atoms with van der Waals surface area (Å²) in [5, 5.41) is 2.79. The van der Waals surface area contributed by atoms with E-state index in [0.717, 1.165) is 16.1 Å². The standard InChI is InChI=1S/C18H14N2O3S/c1-21-18-20-15-14(22-11-12-5-3-2-4-6-12)8-7-13(16(15)23-18)17-19-9-10-24-17/h2-10H,11H2,1H3. The Morgan fingerprint density at radius 1 is 1.12 bits per heavy atom. The van der Waals surface area contributed by atoms with Crippen LogP contribution in [0.4, 0.5) is 0 Å². The van der Waals surface area contributed by atoms with Gasteiger partial charge in [-0.15, -0.1) is 11.3 Å². The molecule has 0 atom stereocenters. The van der Waals surface area contributed by atoms with Gasteiger partial charge in [-0.25, -0.2) is 4.98 Å². The van der Waals surface area contributed by atoms with Gasteiger partial charge in [0, 0.05) is 11.6 Å². The topological polar surface area (TPSA) is 57.4 Å². The highest BCUT2D eigenvalue weighted by Crippen LogP contribution is 2.37. The van der Waals surface area contributed by atoms with Crippen LogP contribution in [0, 0.1) is 0 Å². The minimum atomic E-state index is 0.207. The van der Waals surface area contributed by atoms with E-state index < -0.39 is 0 Å². The van der Waals surface area contributed by atoms with E-state index in [9.17, 15) is 0 Å². The Labute approximate surface area is 142 Å². The van der Waals surface area contributed by atoms with E-state index in [2.05, 4.69) is 9.97 Å². The van der Waals surface area contributed by atoms with Crippen molar-refractivity contribution in [2.45, 2.75) is 6.61 Å². The Kier molecular flexibility index (Phi) is 3.88. The summed E-state index contributed by atoms with van der Waals surface area (Å²) in [6.07, 6.45) is 1.97. The van der Waals surface area contributed by atoms with Gasteiger partial charge in [0.1, 0.15) is 17.4 Å². The molecule has 0 radical (unpaired) electrons. The van der Waals surface area contributed by atoms with Gasteiger partial charge < -0.3 is 13.9 Å². The minimum absolute atomic E-state index is 0.207. The van der Waals surface area contributed by atoms with Gasteiger partial charge in [-0.1, -0.05) is 30.3 Å². The van der Waals surface area contributed by atoms with Crippen molar-refractivity contribution in [3.05, 3.63) is 59.6 Å². The zero-order chi connectivity index (χ0) is 16.4. The van der Waals surface area contributed by atoms with Gasteiger partial charge in [0.2, 0.25) is 0 Å². The van der Waals surface area contributed by atoms with Gasteiger partial charge in [0.15, 0.2) is 11.1 Å².